The number of carbonyl (C=O) groups is 1. The van der Waals surface area contributed by atoms with Crippen molar-refractivity contribution < 1.29 is 4.79 Å². The lowest BCUT2D eigenvalue weighted by Gasteiger charge is -2.18. The summed E-state index contributed by atoms with van der Waals surface area (Å²) < 4.78 is 0. The van der Waals surface area contributed by atoms with E-state index in [0.717, 1.165) is 5.56 Å². The van der Waals surface area contributed by atoms with Gasteiger partial charge in [-0.3, -0.25) is 4.79 Å². The van der Waals surface area contributed by atoms with Crippen molar-refractivity contribution in [2.75, 3.05) is 38.1 Å². The molecule has 0 unspecified atom stereocenters. The summed E-state index contributed by atoms with van der Waals surface area (Å²) in [6.07, 6.45) is 1.94. The van der Waals surface area contributed by atoms with Crippen LogP contribution in [0, 0.1) is 0 Å². The monoisotopic (exact) mass is 252 g/mol. The summed E-state index contributed by atoms with van der Waals surface area (Å²) in [6, 6.07) is 8.28. The van der Waals surface area contributed by atoms with Crippen molar-refractivity contribution in [1.29, 1.82) is 0 Å². The third-order valence-corrected chi connectivity index (χ3v) is 3.10. The van der Waals surface area contributed by atoms with E-state index in [4.69, 9.17) is 0 Å². The standard InChI is InChI=1S/C13H20N2OS/c1-14(2)12-7-5-11(6-8-12)9-15(3)13(16)10-17-4/h5-8H,9-10H2,1-4H3. The number of amides is 1. The quantitative estimate of drug-likeness (QED) is 0.801. The molecule has 3 nitrogen and oxygen atoms in total. The summed E-state index contributed by atoms with van der Waals surface area (Å²) >= 11 is 1.56. The number of thioether (sulfide) groups is 1. The molecular formula is C13H20N2OS. The maximum Gasteiger partial charge on any atom is 0.232 e. The fourth-order valence-corrected chi connectivity index (χ4v) is 1.96. The van der Waals surface area contributed by atoms with Crippen LogP contribution in [0.5, 0.6) is 0 Å². The zero-order valence-corrected chi connectivity index (χ0v) is 11.8. The highest BCUT2D eigenvalue weighted by Crippen LogP contribution is 2.13. The van der Waals surface area contributed by atoms with Crippen molar-refractivity contribution in [2.24, 2.45) is 0 Å². The first-order valence-corrected chi connectivity index (χ1v) is 6.93. The Morgan fingerprint density at radius 1 is 1.18 bits per heavy atom. The molecule has 94 valence electrons. The lowest BCUT2D eigenvalue weighted by atomic mass is 10.2. The Hall–Kier alpha value is -1.16. The molecule has 0 saturated carbocycles. The van der Waals surface area contributed by atoms with Crippen LogP contribution in [0.4, 0.5) is 5.69 Å². The third kappa shape index (κ3) is 4.30. The van der Waals surface area contributed by atoms with E-state index in [-0.39, 0.29) is 5.91 Å². The molecule has 0 spiro atoms. The second-order valence-corrected chi connectivity index (χ2v) is 5.11. The van der Waals surface area contributed by atoms with Crippen molar-refractivity contribution in [2.45, 2.75) is 6.54 Å². The lowest BCUT2D eigenvalue weighted by Crippen LogP contribution is -2.27. The molecule has 0 heterocycles. The van der Waals surface area contributed by atoms with Gasteiger partial charge in [-0.15, -0.1) is 0 Å². The summed E-state index contributed by atoms with van der Waals surface area (Å²) in [5, 5.41) is 0. The molecule has 1 aromatic carbocycles. The van der Waals surface area contributed by atoms with Crippen LogP contribution >= 0.6 is 11.8 Å². The fourth-order valence-electron chi connectivity index (χ4n) is 1.50. The summed E-state index contributed by atoms with van der Waals surface area (Å²) in [5.41, 5.74) is 2.33. The molecule has 0 fully saturated rings. The predicted molar refractivity (Wildman–Crippen MR) is 75.6 cm³/mol. The van der Waals surface area contributed by atoms with Gasteiger partial charge in [-0.25, -0.2) is 0 Å². The van der Waals surface area contributed by atoms with E-state index in [2.05, 4.69) is 29.2 Å². The molecule has 0 radical (unpaired) electrons. The minimum atomic E-state index is 0.175. The smallest absolute Gasteiger partial charge is 0.232 e. The van der Waals surface area contributed by atoms with E-state index >= 15 is 0 Å². The topological polar surface area (TPSA) is 23.6 Å². The van der Waals surface area contributed by atoms with Crippen molar-refractivity contribution in [3.8, 4) is 0 Å². The second-order valence-electron chi connectivity index (χ2n) is 4.24. The van der Waals surface area contributed by atoms with Crippen LogP contribution < -0.4 is 4.90 Å². The molecule has 0 aliphatic rings. The van der Waals surface area contributed by atoms with Gasteiger partial charge in [0.25, 0.3) is 0 Å². The molecule has 0 aliphatic heterocycles. The van der Waals surface area contributed by atoms with Crippen LogP contribution in [0.25, 0.3) is 0 Å². The van der Waals surface area contributed by atoms with Crippen LogP contribution in [0.1, 0.15) is 5.56 Å². The number of hydrogen-bond donors (Lipinski definition) is 0. The maximum atomic E-state index is 11.6. The Balaban J connectivity index is 2.60. The van der Waals surface area contributed by atoms with Gasteiger partial charge in [0.1, 0.15) is 0 Å². The molecule has 1 amide bonds. The van der Waals surface area contributed by atoms with Gasteiger partial charge < -0.3 is 9.80 Å². The summed E-state index contributed by atoms with van der Waals surface area (Å²) in [5.74, 6) is 0.723. The van der Waals surface area contributed by atoms with E-state index in [0.29, 0.717) is 12.3 Å². The first kappa shape index (κ1) is 13.9. The number of benzene rings is 1. The molecule has 17 heavy (non-hydrogen) atoms. The third-order valence-electron chi connectivity index (χ3n) is 2.57. The molecule has 1 aromatic rings. The van der Waals surface area contributed by atoms with Gasteiger partial charge in [0.15, 0.2) is 0 Å². The molecule has 0 aromatic heterocycles. The number of rotatable bonds is 5. The molecule has 0 aliphatic carbocycles. The van der Waals surface area contributed by atoms with Crippen LogP contribution in [-0.4, -0.2) is 44.0 Å². The Labute approximate surface area is 108 Å². The Morgan fingerprint density at radius 3 is 2.24 bits per heavy atom. The van der Waals surface area contributed by atoms with E-state index in [1.807, 2.05) is 27.4 Å². The molecule has 0 atom stereocenters. The Morgan fingerprint density at radius 2 is 1.76 bits per heavy atom. The van der Waals surface area contributed by atoms with Gasteiger partial charge in [-0.1, -0.05) is 12.1 Å². The fraction of sp³-hybridized carbons (Fsp3) is 0.462. The summed E-state index contributed by atoms with van der Waals surface area (Å²) in [6.45, 7) is 0.674. The number of anilines is 1. The molecule has 0 N–H and O–H groups in total. The Bertz CT molecular complexity index is 362. The summed E-state index contributed by atoms with van der Waals surface area (Å²) in [4.78, 5) is 15.4. The SMILES string of the molecule is CSCC(=O)N(C)Cc1ccc(N(C)C)cc1. The Kier molecular flexibility index (Phi) is 5.35. The van der Waals surface area contributed by atoms with Gasteiger partial charge in [-0.05, 0) is 24.0 Å². The van der Waals surface area contributed by atoms with E-state index in [1.54, 1.807) is 16.7 Å². The number of carbonyl (C=O) groups excluding carboxylic acids is 1. The number of nitrogens with zero attached hydrogens (tertiary/aromatic N) is 2. The van der Waals surface area contributed by atoms with Crippen molar-refractivity contribution in [3.05, 3.63) is 29.8 Å². The van der Waals surface area contributed by atoms with Crippen molar-refractivity contribution >= 4 is 23.4 Å². The minimum Gasteiger partial charge on any atom is -0.378 e. The second kappa shape index (κ2) is 6.55. The van der Waals surface area contributed by atoms with Crippen LogP contribution in [-0.2, 0) is 11.3 Å². The average Bonchev–Trinajstić information content (AvgIpc) is 2.30. The zero-order chi connectivity index (χ0) is 12.8. The van der Waals surface area contributed by atoms with Crippen LogP contribution in [0.3, 0.4) is 0 Å². The first-order valence-electron chi connectivity index (χ1n) is 5.53. The maximum absolute atomic E-state index is 11.6. The summed E-state index contributed by atoms with van der Waals surface area (Å²) in [7, 11) is 5.88. The van der Waals surface area contributed by atoms with E-state index in [9.17, 15) is 4.79 Å². The van der Waals surface area contributed by atoms with Crippen LogP contribution in [0.15, 0.2) is 24.3 Å². The molecule has 4 heteroatoms. The highest BCUT2D eigenvalue weighted by Gasteiger charge is 2.08. The number of hydrogen-bond acceptors (Lipinski definition) is 3. The molecule has 0 bridgehead atoms. The molecule has 0 saturated heterocycles. The highest BCUT2D eigenvalue weighted by atomic mass is 32.2. The average molecular weight is 252 g/mol. The van der Waals surface area contributed by atoms with Crippen LogP contribution in [0.2, 0.25) is 0 Å². The van der Waals surface area contributed by atoms with Gasteiger partial charge in [0.05, 0.1) is 5.75 Å². The lowest BCUT2D eigenvalue weighted by molar-refractivity contribution is -0.127. The predicted octanol–water partition coefficient (Wildman–Crippen LogP) is 2.07. The van der Waals surface area contributed by atoms with Crippen molar-refractivity contribution in [3.63, 3.8) is 0 Å². The zero-order valence-electron chi connectivity index (χ0n) is 10.9. The van der Waals surface area contributed by atoms with Gasteiger partial charge in [0, 0.05) is 33.4 Å². The molecular weight excluding hydrogens is 232 g/mol. The normalized spacial score (nSPS) is 10.1. The molecule has 1 rings (SSSR count). The van der Waals surface area contributed by atoms with Gasteiger partial charge >= 0.3 is 0 Å². The first-order chi connectivity index (χ1) is 8.04. The van der Waals surface area contributed by atoms with Gasteiger partial charge in [-0.2, -0.15) is 11.8 Å². The highest BCUT2D eigenvalue weighted by molar-refractivity contribution is 7.99. The van der Waals surface area contributed by atoms with Crippen molar-refractivity contribution in [1.82, 2.24) is 4.90 Å². The van der Waals surface area contributed by atoms with Gasteiger partial charge in [0.2, 0.25) is 5.91 Å². The van der Waals surface area contributed by atoms with E-state index in [1.165, 1.54) is 5.69 Å². The minimum absolute atomic E-state index is 0.175. The van der Waals surface area contributed by atoms with E-state index < -0.39 is 0 Å². The largest absolute Gasteiger partial charge is 0.378 e.